The molecule has 0 N–H and O–H groups in total. The van der Waals surface area contributed by atoms with E-state index in [1.54, 1.807) is 0 Å². The summed E-state index contributed by atoms with van der Waals surface area (Å²) >= 11 is 1.90. The first-order valence-electron chi connectivity index (χ1n) is 21.1. The van der Waals surface area contributed by atoms with Gasteiger partial charge in [0, 0.05) is 75.6 Å². The van der Waals surface area contributed by atoms with E-state index in [1.165, 1.54) is 86.0 Å². The topological polar surface area (TPSA) is 13.1 Å². The largest absolute Gasteiger partial charge is 0.310 e. The van der Waals surface area contributed by atoms with Gasteiger partial charge < -0.3 is 14.0 Å². The summed E-state index contributed by atoms with van der Waals surface area (Å²) in [6, 6.07) is 74.0. The van der Waals surface area contributed by atoms with E-state index in [9.17, 15) is 0 Å². The van der Waals surface area contributed by atoms with E-state index in [2.05, 4.69) is 228 Å². The Morgan fingerprint density at radius 3 is 1.80 bits per heavy atom. The Labute approximate surface area is 357 Å². The van der Waals surface area contributed by atoms with Crippen LogP contribution in [0.3, 0.4) is 0 Å². The van der Waals surface area contributed by atoms with Gasteiger partial charge in [0.05, 0.1) is 22.1 Å². The Balaban J connectivity index is 1.01. The summed E-state index contributed by atoms with van der Waals surface area (Å²) in [5, 5.41) is 7.72. The van der Waals surface area contributed by atoms with Gasteiger partial charge in [-0.25, -0.2) is 0 Å². The molecule has 9 aromatic carbocycles. The van der Waals surface area contributed by atoms with E-state index in [1.807, 2.05) is 11.3 Å². The Morgan fingerprint density at radius 2 is 0.967 bits per heavy atom. The average molecular weight is 798 g/mol. The molecule has 13 rings (SSSR count). The van der Waals surface area contributed by atoms with Crippen molar-refractivity contribution in [2.24, 2.45) is 0 Å². The van der Waals surface area contributed by atoms with Gasteiger partial charge in [-0.2, -0.15) is 0 Å². The fourth-order valence-electron chi connectivity index (χ4n) is 10.5. The van der Waals surface area contributed by atoms with Gasteiger partial charge >= 0.3 is 0 Å². The highest BCUT2D eigenvalue weighted by molar-refractivity contribution is 7.26. The normalized spacial score (nSPS) is 13.2. The molecule has 288 valence electrons. The van der Waals surface area contributed by atoms with Crippen molar-refractivity contribution in [3.8, 4) is 22.5 Å². The smallest absolute Gasteiger partial charge is 0.0555 e. The van der Waals surface area contributed by atoms with Gasteiger partial charge in [-0.1, -0.05) is 123 Å². The first-order valence-corrected chi connectivity index (χ1v) is 21.9. The van der Waals surface area contributed by atoms with E-state index in [-0.39, 0.29) is 5.41 Å². The van der Waals surface area contributed by atoms with Crippen LogP contribution in [0.2, 0.25) is 0 Å². The van der Waals surface area contributed by atoms with Crippen molar-refractivity contribution in [1.82, 2.24) is 9.13 Å². The number of fused-ring (bicyclic) bond motifs is 13. The van der Waals surface area contributed by atoms with E-state index in [0.717, 1.165) is 28.4 Å². The highest BCUT2D eigenvalue weighted by Gasteiger charge is 2.36. The van der Waals surface area contributed by atoms with E-state index in [0.29, 0.717) is 0 Å². The molecular formula is C57H39N3S. The quantitative estimate of drug-likeness (QED) is 0.169. The van der Waals surface area contributed by atoms with E-state index >= 15 is 0 Å². The molecule has 0 saturated carbocycles. The standard InChI is InChI=1S/C57H39N3S/c1-57(2)48-20-10-6-16-41(48)42-30-28-40(35-49(42)57)58(39-29-32-52-47(34-39)43-17-7-11-21-50(43)59(52)36-14-4-3-5-15-36)37-24-26-38(27-25-37)60-51-22-12-8-19-46(51)55-53(60)33-31-45-44-18-9-13-23-54(44)61-56(45)55/h3-35H,1-2H3. The van der Waals surface area contributed by atoms with Crippen molar-refractivity contribution in [1.29, 1.82) is 0 Å². The van der Waals surface area contributed by atoms with Crippen LogP contribution in [0.4, 0.5) is 17.1 Å². The molecule has 3 aromatic heterocycles. The van der Waals surface area contributed by atoms with Crippen LogP contribution in [-0.2, 0) is 5.41 Å². The number of nitrogens with zero attached hydrogens (tertiary/aromatic N) is 3. The van der Waals surface area contributed by atoms with E-state index < -0.39 is 0 Å². The Bertz CT molecular complexity index is 3730. The summed E-state index contributed by atoms with van der Waals surface area (Å²) in [6.07, 6.45) is 0. The van der Waals surface area contributed by atoms with Crippen LogP contribution >= 0.6 is 11.3 Å². The van der Waals surface area contributed by atoms with Gasteiger partial charge in [-0.3, -0.25) is 0 Å². The average Bonchev–Trinajstić information content (AvgIpc) is 4.02. The van der Waals surface area contributed by atoms with Crippen LogP contribution in [0.25, 0.3) is 86.3 Å². The lowest BCUT2D eigenvalue weighted by Gasteiger charge is -2.28. The van der Waals surface area contributed by atoms with Gasteiger partial charge in [-0.05, 0) is 113 Å². The minimum absolute atomic E-state index is 0.124. The molecule has 0 unspecified atom stereocenters. The minimum atomic E-state index is -0.124. The maximum absolute atomic E-state index is 2.45. The molecule has 61 heavy (non-hydrogen) atoms. The van der Waals surface area contributed by atoms with Crippen LogP contribution in [0.15, 0.2) is 200 Å². The third-order valence-electron chi connectivity index (χ3n) is 13.3. The maximum atomic E-state index is 2.45. The molecule has 0 amide bonds. The van der Waals surface area contributed by atoms with Crippen molar-refractivity contribution >= 4 is 92.2 Å². The molecule has 1 aliphatic rings. The molecule has 1 aliphatic carbocycles. The van der Waals surface area contributed by atoms with Gasteiger partial charge in [0.25, 0.3) is 0 Å². The second-order valence-electron chi connectivity index (χ2n) is 16.9. The molecule has 0 atom stereocenters. The third-order valence-corrected chi connectivity index (χ3v) is 14.5. The first-order chi connectivity index (χ1) is 30.0. The summed E-state index contributed by atoms with van der Waals surface area (Å²) in [5.74, 6) is 0. The predicted molar refractivity (Wildman–Crippen MR) is 260 cm³/mol. The predicted octanol–water partition coefficient (Wildman–Crippen LogP) is 16.0. The number of anilines is 3. The fourth-order valence-corrected chi connectivity index (χ4v) is 11.8. The summed E-state index contributed by atoms with van der Waals surface area (Å²) in [4.78, 5) is 2.45. The molecule has 0 spiro atoms. The fraction of sp³-hybridized carbons (Fsp3) is 0.0526. The molecule has 4 heteroatoms. The maximum Gasteiger partial charge on any atom is 0.0555 e. The molecular weight excluding hydrogens is 759 g/mol. The summed E-state index contributed by atoms with van der Waals surface area (Å²) in [5.41, 5.74) is 15.8. The van der Waals surface area contributed by atoms with Gasteiger partial charge in [0.1, 0.15) is 0 Å². The van der Waals surface area contributed by atoms with Crippen LogP contribution in [0.1, 0.15) is 25.0 Å². The lowest BCUT2D eigenvalue weighted by Crippen LogP contribution is -2.16. The number of thiophene rings is 1. The highest BCUT2D eigenvalue weighted by Crippen LogP contribution is 2.51. The SMILES string of the molecule is CC1(C)c2ccccc2-c2ccc(N(c3ccc(-n4c5ccccc5c5c6sc7ccccc7c6ccc54)cc3)c3ccc4c(c3)c3ccccc3n4-c3ccccc3)cc21. The minimum Gasteiger partial charge on any atom is -0.310 e. The van der Waals surface area contributed by atoms with Gasteiger partial charge in [-0.15, -0.1) is 11.3 Å². The Morgan fingerprint density at radius 1 is 0.393 bits per heavy atom. The molecule has 3 heterocycles. The van der Waals surface area contributed by atoms with Crippen LogP contribution < -0.4 is 4.90 Å². The number of rotatable bonds is 5. The highest BCUT2D eigenvalue weighted by atomic mass is 32.1. The van der Waals surface area contributed by atoms with Crippen LogP contribution in [-0.4, -0.2) is 9.13 Å². The third kappa shape index (κ3) is 4.91. The first kappa shape index (κ1) is 34.5. The zero-order valence-electron chi connectivity index (χ0n) is 33.8. The Hall–Kier alpha value is -7.40. The van der Waals surface area contributed by atoms with Crippen molar-refractivity contribution in [2.45, 2.75) is 19.3 Å². The number of hydrogen-bond acceptors (Lipinski definition) is 2. The zero-order valence-corrected chi connectivity index (χ0v) is 34.6. The van der Waals surface area contributed by atoms with Crippen LogP contribution in [0.5, 0.6) is 0 Å². The number of para-hydroxylation sites is 3. The summed E-state index contributed by atoms with van der Waals surface area (Å²) < 4.78 is 7.51. The van der Waals surface area contributed by atoms with Gasteiger partial charge in [0.15, 0.2) is 0 Å². The molecule has 0 bridgehead atoms. The lowest BCUT2D eigenvalue weighted by atomic mass is 9.82. The molecule has 12 aromatic rings. The van der Waals surface area contributed by atoms with Crippen molar-refractivity contribution < 1.29 is 0 Å². The van der Waals surface area contributed by atoms with Crippen molar-refractivity contribution in [2.75, 3.05) is 4.90 Å². The zero-order chi connectivity index (χ0) is 40.4. The van der Waals surface area contributed by atoms with Crippen molar-refractivity contribution in [3.63, 3.8) is 0 Å². The number of benzene rings is 9. The van der Waals surface area contributed by atoms with Crippen LogP contribution in [0, 0.1) is 0 Å². The lowest BCUT2D eigenvalue weighted by molar-refractivity contribution is 0.660. The molecule has 0 radical (unpaired) electrons. The van der Waals surface area contributed by atoms with Crippen molar-refractivity contribution in [3.05, 3.63) is 211 Å². The molecule has 3 nitrogen and oxygen atoms in total. The Kier molecular flexibility index (Phi) is 7.23. The molecule has 0 aliphatic heterocycles. The second kappa shape index (κ2) is 12.8. The number of hydrogen-bond donors (Lipinski definition) is 0. The van der Waals surface area contributed by atoms with Gasteiger partial charge in [0.2, 0.25) is 0 Å². The second-order valence-corrected chi connectivity index (χ2v) is 18.0. The summed E-state index contributed by atoms with van der Waals surface area (Å²) in [7, 11) is 0. The summed E-state index contributed by atoms with van der Waals surface area (Å²) in [6.45, 7) is 4.73. The molecule has 0 fully saturated rings. The molecule has 0 saturated heterocycles. The monoisotopic (exact) mass is 797 g/mol. The number of aromatic nitrogens is 2. The van der Waals surface area contributed by atoms with E-state index in [4.69, 9.17) is 0 Å².